The number of hydrogen-bond donors (Lipinski definition) is 0. The SMILES string of the molecule is O=[N+]([O-])c1ccc(SCCOc2ccccc2)nc1. The summed E-state index contributed by atoms with van der Waals surface area (Å²) in [7, 11) is 0. The van der Waals surface area contributed by atoms with E-state index in [-0.39, 0.29) is 5.69 Å². The Bertz CT molecular complexity index is 531. The topological polar surface area (TPSA) is 65.3 Å². The number of nitrogens with zero attached hydrogens (tertiary/aromatic N) is 2. The zero-order valence-corrected chi connectivity index (χ0v) is 10.9. The predicted molar refractivity (Wildman–Crippen MR) is 73.6 cm³/mol. The van der Waals surface area contributed by atoms with Gasteiger partial charge in [-0.25, -0.2) is 4.98 Å². The fourth-order valence-electron chi connectivity index (χ4n) is 1.39. The van der Waals surface area contributed by atoms with Crippen molar-refractivity contribution in [3.8, 4) is 5.75 Å². The van der Waals surface area contributed by atoms with Crippen LogP contribution in [0.25, 0.3) is 0 Å². The lowest BCUT2D eigenvalue weighted by atomic mass is 10.3. The minimum atomic E-state index is -0.458. The van der Waals surface area contributed by atoms with Gasteiger partial charge >= 0.3 is 0 Å². The second-order valence-electron chi connectivity index (χ2n) is 3.62. The summed E-state index contributed by atoms with van der Waals surface area (Å²) in [6, 6.07) is 12.7. The highest BCUT2D eigenvalue weighted by Gasteiger charge is 2.05. The lowest BCUT2D eigenvalue weighted by Crippen LogP contribution is -2.00. The van der Waals surface area contributed by atoms with E-state index in [1.807, 2.05) is 30.3 Å². The normalized spacial score (nSPS) is 10.1. The number of para-hydroxylation sites is 1. The molecule has 1 aromatic heterocycles. The van der Waals surface area contributed by atoms with E-state index in [1.54, 1.807) is 6.07 Å². The van der Waals surface area contributed by atoms with Gasteiger partial charge in [0.1, 0.15) is 11.9 Å². The number of ether oxygens (including phenoxy) is 1. The summed E-state index contributed by atoms with van der Waals surface area (Å²) in [5.41, 5.74) is 0.00452. The van der Waals surface area contributed by atoms with Crippen LogP contribution in [0.3, 0.4) is 0 Å². The molecule has 6 heteroatoms. The summed E-state index contributed by atoms with van der Waals surface area (Å²) >= 11 is 1.50. The van der Waals surface area contributed by atoms with Gasteiger partial charge in [-0.3, -0.25) is 10.1 Å². The Balaban J connectivity index is 1.75. The van der Waals surface area contributed by atoms with Crippen LogP contribution in [0.1, 0.15) is 0 Å². The number of pyridine rings is 1. The molecular formula is C13H12N2O3S. The molecule has 0 radical (unpaired) electrons. The third kappa shape index (κ3) is 4.26. The van der Waals surface area contributed by atoms with Crippen LogP contribution < -0.4 is 4.74 Å². The zero-order valence-electron chi connectivity index (χ0n) is 10.1. The van der Waals surface area contributed by atoms with Crippen LogP contribution in [-0.2, 0) is 0 Å². The van der Waals surface area contributed by atoms with Crippen LogP contribution in [0.2, 0.25) is 0 Å². The van der Waals surface area contributed by atoms with Crippen molar-refractivity contribution < 1.29 is 9.66 Å². The standard InChI is InChI=1S/C13H12N2O3S/c16-15(17)11-6-7-13(14-10-11)19-9-8-18-12-4-2-1-3-5-12/h1-7,10H,8-9H2. The summed E-state index contributed by atoms with van der Waals surface area (Å²) in [5, 5.41) is 11.2. The van der Waals surface area contributed by atoms with Crippen LogP contribution in [0.5, 0.6) is 5.75 Å². The maximum absolute atomic E-state index is 10.5. The van der Waals surface area contributed by atoms with E-state index in [4.69, 9.17) is 4.74 Å². The fraction of sp³-hybridized carbons (Fsp3) is 0.154. The molecule has 0 saturated heterocycles. The third-order valence-electron chi connectivity index (χ3n) is 2.28. The van der Waals surface area contributed by atoms with E-state index < -0.39 is 4.92 Å². The van der Waals surface area contributed by atoms with Crippen molar-refractivity contribution in [3.05, 3.63) is 58.8 Å². The summed E-state index contributed by atoms with van der Waals surface area (Å²) < 4.78 is 5.53. The Hall–Kier alpha value is -2.08. The Kier molecular flexibility index (Phi) is 4.74. The van der Waals surface area contributed by atoms with E-state index in [1.165, 1.54) is 24.0 Å². The molecule has 0 aliphatic carbocycles. The van der Waals surface area contributed by atoms with Gasteiger partial charge in [0.25, 0.3) is 5.69 Å². The molecule has 0 aliphatic heterocycles. The summed E-state index contributed by atoms with van der Waals surface area (Å²) in [5.74, 6) is 1.57. The summed E-state index contributed by atoms with van der Waals surface area (Å²) in [6.07, 6.45) is 1.26. The molecule has 0 amide bonds. The first-order valence-corrected chi connectivity index (χ1v) is 6.65. The van der Waals surface area contributed by atoms with Crippen molar-refractivity contribution in [1.82, 2.24) is 4.98 Å². The first kappa shape index (κ1) is 13.4. The van der Waals surface area contributed by atoms with Crippen LogP contribution in [0, 0.1) is 10.1 Å². The maximum atomic E-state index is 10.5. The van der Waals surface area contributed by atoms with Gasteiger partial charge in [-0.2, -0.15) is 0 Å². The number of thioether (sulfide) groups is 1. The van der Waals surface area contributed by atoms with Gasteiger partial charge < -0.3 is 4.74 Å². The monoisotopic (exact) mass is 276 g/mol. The highest BCUT2D eigenvalue weighted by atomic mass is 32.2. The second-order valence-corrected chi connectivity index (χ2v) is 4.74. The van der Waals surface area contributed by atoms with Crippen molar-refractivity contribution in [3.63, 3.8) is 0 Å². The van der Waals surface area contributed by atoms with Crippen LogP contribution >= 0.6 is 11.8 Å². The highest BCUT2D eigenvalue weighted by molar-refractivity contribution is 7.99. The molecule has 0 saturated carbocycles. The van der Waals surface area contributed by atoms with Gasteiger partial charge in [0.2, 0.25) is 0 Å². The van der Waals surface area contributed by atoms with Gasteiger partial charge in [-0.1, -0.05) is 18.2 Å². The van der Waals surface area contributed by atoms with E-state index in [9.17, 15) is 10.1 Å². The molecule has 0 aliphatic rings. The summed E-state index contributed by atoms with van der Waals surface area (Å²) in [6.45, 7) is 0.563. The molecule has 2 rings (SSSR count). The first-order chi connectivity index (χ1) is 9.25. The van der Waals surface area contributed by atoms with E-state index >= 15 is 0 Å². The molecule has 0 bridgehead atoms. The Morgan fingerprint density at radius 3 is 2.63 bits per heavy atom. The lowest BCUT2D eigenvalue weighted by Gasteiger charge is -2.05. The summed E-state index contributed by atoms with van der Waals surface area (Å²) in [4.78, 5) is 14.0. The van der Waals surface area contributed by atoms with Gasteiger partial charge in [0.15, 0.2) is 0 Å². The molecule has 0 fully saturated rings. The molecule has 2 aromatic rings. The Morgan fingerprint density at radius 2 is 2.00 bits per heavy atom. The Labute approximate surface area is 114 Å². The van der Waals surface area contributed by atoms with E-state index in [2.05, 4.69) is 4.98 Å². The molecule has 0 spiro atoms. The smallest absolute Gasteiger partial charge is 0.287 e. The Morgan fingerprint density at radius 1 is 1.21 bits per heavy atom. The van der Waals surface area contributed by atoms with Crippen molar-refractivity contribution in [2.24, 2.45) is 0 Å². The molecule has 1 heterocycles. The number of hydrogen-bond acceptors (Lipinski definition) is 5. The number of benzene rings is 1. The molecule has 0 N–H and O–H groups in total. The van der Waals surface area contributed by atoms with Crippen molar-refractivity contribution in [1.29, 1.82) is 0 Å². The second kappa shape index (κ2) is 6.75. The van der Waals surface area contributed by atoms with Gasteiger partial charge in [0.05, 0.1) is 16.6 Å². The fourth-order valence-corrected chi connectivity index (χ4v) is 2.06. The molecular weight excluding hydrogens is 264 g/mol. The molecule has 5 nitrogen and oxygen atoms in total. The maximum Gasteiger partial charge on any atom is 0.287 e. The van der Waals surface area contributed by atoms with E-state index in [0.29, 0.717) is 6.61 Å². The van der Waals surface area contributed by atoms with Crippen molar-refractivity contribution in [2.45, 2.75) is 5.03 Å². The predicted octanol–water partition coefficient (Wildman–Crippen LogP) is 3.16. The molecule has 19 heavy (non-hydrogen) atoms. The number of aromatic nitrogens is 1. The minimum Gasteiger partial charge on any atom is -0.493 e. The largest absolute Gasteiger partial charge is 0.493 e. The molecule has 0 unspecified atom stereocenters. The lowest BCUT2D eigenvalue weighted by molar-refractivity contribution is -0.385. The minimum absolute atomic E-state index is 0.00452. The average Bonchev–Trinajstić information content (AvgIpc) is 2.45. The van der Waals surface area contributed by atoms with Crippen LogP contribution in [0.15, 0.2) is 53.7 Å². The number of nitro groups is 1. The molecule has 0 atom stereocenters. The van der Waals surface area contributed by atoms with Crippen LogP contribution in [-0.4, -0.2) is 22.3 Å². The molecule has 98 valence electrons. The third-order valence-corrected chi connectivity index (χ3v) is 3.18. The van der Waals surface area contributed by atoms with Gasteiger partial charge in [-0.05, 0) is 18.2 Å². The van der Waals surface area contributed by atoms with Crippen molar-refractivity contribution >= 4 is 17.4 Å². The average molecular weight is 276 g/mol. The number of rotatable bonds is 6. The quantitative estimate of drug-likeness (QED) is 0.351. The van der Waals surface area contributed by atoms with Crippen LogP contribution in [0.4, 0.5) is 5.69 Å². The van der Waals surface area contributed by atoms with Gasteiger partial charge in [-0.15, -0.1) is 11.8 Å². The van der Waals surface area contributed by atoms with Crippen molar-refractivity contribution in [2.75, 3.05) is 12.4 Å². The molecule has 1 aromatic carbocycles. The zero-order chi connectivity index (χ0) is 13.5. The van der Waals surface area contributed by atoms with Gasteiger partial charge in [0, 0.05) is 11.8 Å². The highest BCUT2D eigenvalue weighted by Crippen LogP contribution is 2.18. The van der Waals surface area contributed by atoms with E-state index in [0.717, 1.165) is 16.5 Å². The first-order valence-electron chi connectivity index (χ1n) is 5.67.